The van der Waals surface area contributed by atoms with Crippen LogP contribution in [0.25, 0.3) is 0 Å². The van der Waals surface area contributed by atoms with Crippen LogP contribution in [-0.2, 0) is 6.54 Å². The van der Waals surface area contributed by atoms with E-state index in [2.05, 4.69) is 10.3 Å². The van der Waals surface area contributed by atoms with Gasteiger partial charge in [0.15, 0.2) is 0 Å². The lowest BCUT2D eigenvalue weighted by Crippen LogP contribution is -2.21. The van der Waals surface area contributed by atoms with E-state index in [-0.39, 0.29) is 23.5 Å². The maximum atomic E-state index is 13.8. The van der Waals surface area contributed by atoms with E-state index in [1.54, 1.807) is 0 Å². The van der Waals surface area contributed by atoms with Crippen LogP contribution >= 0.6 is 0 Å². The number of pyridine rings is 1. The number of nitriles is 1. The van der Waals surface area contributed by atoms with Crippen LogP contribution in [0.3, 0.4) is 0 Å². The number of aromatic nitrogens is 1. The van der Waals surface area contributed by atoms with Crippen molar-refractivity contribution in [2.45, 2.75) is 6.54 Å². The molecular weight excluding hydrogens is 294 g/mol. The smallest absolute Gasteiger partial charge is 0.404 e. The molecule has 112 valence electrons. The Morgan fingerprint density at radius 1 is 1.36 bits per heavy atom. The third kappa shape index (κ3) is 3.67. The number of carbonyl (C=O) groups is 1. The van der Waals surface area contributed by atoms with E-state index in [0.717, 1.165) is 18.2 Å². The lowest BCUT2D eigenvalue weighted by Gasteiger charge is -2.09. The molecule has 0 atom stereocenters. The van der Waals surface area contributed by atoms with Gasteiger partial charge < -0.3 is 15.7 Å². The molecule has 0 aliphatic heterocycles. The summed E-state index contributed by atoms with van der Waals surface area (Å²) in [5, 5.41) is 22.2. The molecule has 0 aliphatic carbocycles. The number of amides is 1. The minimum Gasteiger partial charge on any atom is -0.465 e. The summed E-state index contributed by atoms with van der Waals surface area (Å²) >= 11 is 0. The van der Waals surface area contributed by atoms with Crippen molar-refractivity contribution < 1.29 is 18.7 Å². The molecule has 0 saturated heterocycles. The molecule has 0 aliphatic rings. The topological polar surface area (TPSA) is 98.0 Å². The second kappa shape index (κ2) is 6.49. The number of benzene rings is 1. The first kappa shape index (κ1) is 15.2. The van der Waals surface area contributed by atoms with Gasteiger partial charge in [0, 0.05) is 6.07 Å². The number of rotatable bonds is 4. The predicted octanol–water partition coefficient (Wildman–Crippen LogP) is 2.74. The largest absolute Gasteiger partial charge is 0.465 e. The molecule has 0 bridgehead atoms. The van der Waals surface area contributed by atoms with Crippen molar-refractivity contribution in [3.8, 4) is 6.07 Å². The Morgan fingerprint density at radius 3 is 2.77 bits per heavy atom. The number of halogens is 2. The number of carboxylic acid groups (broad SMARTS) is 1. The van der Waals surface area contributed by atoms with Crippen molar-refractivity contribution >= 4 is 17.5 Å². The van der Waals surface area contributed by atoms with Gasteiger partial charge in [0.2, 0.25) is 0 Å². The summed E-state index contributed by atoms with van der Waals surface area (Å²) in [6.45, 7) is -0.262. The van der Waals surface area contributed by atoms with Gasteiger partial charge in [-0.05, 0) is 18.2 Å². The predicted molar refractivity (Wildman–Crippen MR) is 73.5 cm³/mol. The zero-order valence-corrected chi connectivity index (χ0v) is 11.1. The average molecular weight is 304 g/mol. The molecule has 1 amide bonds. The van der Waals surface area contributed by atoms with Crippen molar-refractivity contribution in [3.63, 3.8) is 0 Å². The number of hydrogen-bond acceptors (Lipinski definition) is 4. The molecule has 0 spiro atoms. The second-order valence-corrected chi connectivity index (χ2v) is 4.24. The van der Waals surface area contributed by atoms with Gasteiger partial charge in [-0.15, -0.1) is 0 Å². The highest BCUT2D eigenvalue weighted by molar-refractivity contribution is 5.66. The molecule has 1 aromatic carbocycles. The average Bonchev–Trinajstić information content (AvgIpc) is 2.48. The van der Waals surface area contributed by atoms with Gasteiger partial charge in [-0.3, -0.25) is 4.98 Å². The summed E-state index contributed by atoms with van der Waals surface area (Å²) in [4.78, 5) is 14.2. The Kier molecular flexibility index (Phi) is 4.48. The van der Waals surface area contributed by atoms with Gasteiger partial charge in [-0.2, -0.15) is 5.26 Å². The van der Waals surface area contributed by atoms with Crippen molar-refractivity contribution in [2.24, 2.45) is 0 Å². The molecular formula is C14H10F2N4O2. The normalized spacial score (nSPS) is 9.86. The molecule has 0 radical (unpaired) electrons. The van der Waals surface area contributed by atoms with E-state index in [4.69, 9.17) is 10.4 Å². The monoisotopic (exact) mass is 304 g/mol. The summed E-state index contributed by atoms with van der Waals surface area (Å²) < 4.78 is 26.8. The maximum Gasteiger partial charge on any atom is 0.404 e. The molecule has 3 N–H and O–H groups in total. The number of nitrogens with zero attached hydrogens (tertiary/aromatic N) is 2. The molecule has 8 heteroatoms. The van der Waals surface area contributed by atoms with Gasteiger partial charge in [0.05, 0.1) is 35.4 Å². The third-order valence-corrected chi connectivity index (χ3v) is 2.71. The van der Waals surface area contributed by atoms with Crippen molar-refractivity contribution in [2.75, 3.05) is 5.32 Å². The third-order valence-electron chi connectivity index (χ3n) is 2.71. The molecule has 2 rings (SSSR count). The Bertz CT molecular complexity index is 759. The Balaban J connectivity index is 2.19. The van der Waals surface area contributed by atoms with E-state index in [1.165, 1.54) is 12.3 Å². The molecule has 2 aromatic rings. The van der Waals surface area contributed by atoms with Crippen LogP contribution in [0, 0.1) is 23.0 Å². The van der Waals surface area contributed by atoms with Crippen LogP contribution in [0.15, 0.2) is 30.5 Å². The zero-order valence-electron chi connectivity index (χ0n) is 11.1. The molecule has 0 saturated carbocycles. The molecule has 6 nitrogen and oxygen atoms in total. The molecule has 1 heterocycles. The van der Waals surface area contributed by atoms with E-state index in [1.807, 2.05) is 11.4 Å². The highest BCUT2D eigenvalue weighted by Gasteiger charge is 2.09. The summed E-state index contributed by atoms with van der Waals surface area (Å²) in [6, 6.07) is 6.50. The van der Waals surface area contributed by atoms with Gasteiger partial charge in [-0.1, -0.05) is 0 Å². The lowest BCUT2D eigenvalue weighted by atomic mass is 10.2. The van der Waals surface area contributed by atoms with Gasteiger partial charge >= 0.3 is 6.09 Å². The fourth-order valence-corrected chi connectivity index (χ4v) is 1.70. The first-order chi connectivity index (χ1) is 10.5. The van der Waals surface area contributed by atoms with Gasteiger partial charge in [0.1, 0.15) is 17.7 Å². The van der Waals surface area contributed by atoms with E-state index < -0.39 is 17.7 Å². The SMILES string of the molecule is N#Cc1cc(F)ccc1Nc1cnc(CNC(=O)O)c(F)c1. The molecule has 0 unspecified atom stereocenters. The summed E-state index contributed by atoms with van der Waals surface area (Å²) in [6.07, 6.45) is 0.000270. The van der Waals surface area contributed by atoms with Crippen molar-refractivity contribution in [3.05, 3.63) is 53.4 Å². The summed E-state index contributed by atoms with van der Waals surface area (Å²) in [7, 11) is 0. The molecule has 1 aromatic heterocycles. The van der Waals surface area contributed by atoms with Gasteiger partial charge in [-0.25, -0.2) is 13.6 Å². The minimum absolute atomic E-state index is 0.0624. The number of nitrogens with one attached hydrogen (secondary N) is 2. The fourth-order valence-electron chi connectivity index (χ4n) is 1.70. The van der Waals surface area contributed by atoms with Crippen LogP contribution in [-0.4, -0.2) is 16.2 Å². The molecule has 0 fully saturated rings. The van der Waals surface area contributed by atoms with E-state index in [9.17, 15) is 13.6 Å². The Hall–Kier alpha value is -3.21. The molecule has 22 heavy (non-hydrogen) atoms. The van der Waals surface area contributed by atoms with Crippen molar-refractivity contribution in [1.29, 1.82) is 5.26 Å². The number of anilines is 2. The van der Waals surface area contributed by atoms with E-state index >= 15 is 0 Å². The van der Waals surface area contributed by atoms with Crippen LogP contribution in [0.2, 0.25) is 0 Å². The first-order valence-corrected chi connectivity index (χ1v) is 6.07. The van der Waals surface area contributed by atoms with Crippen LogP contribution < -0.4 is 10.6 Å². The van der Waals surface area contributed by atoms with E-state index in [0.29, 0.717) is 5.69 Å². The highest BCUT2D eigenvalue weighted by atomic mass is 19.1. The Morgan fingerprint density at radius 2 is 2.14 bits per heavy atom. The first-order valence-electron chi connectivity index (χ1n) is 6.07. The van der Waals surface area contributed by atoms with Crippen LogP contribution in [0.4, 0.5) is 25.0 Å². The Labute approximate surface area is 124 Å². The highest BCUT2D eigenvalue weighted by Crippen LogP contribution is 2.22. The van der Waals surface area contributed by atoms with Crippen LogP contribution in [0.5, 0.6) is 0 Å². The standard InChI is InChI=1S/C14H10F2N4O2/c15-9-1-2-12(8(3-9)5-17)20-10-4-11(16)13(18-6-10)7-19-14(21)22/h1-4,6,19-20H,7H2,(H,21,22). The zero-order chi connectivity index (χ0) is 16.1. The quantitative estimate of drug-likeness (QED) is 0.806. The van der Waals surface area contributed by atoms with Crippen molar-refractivity contribution in [1.82, 2.24) is 10.3 Å². The fraction of sp³-hybridized carbons (Fsp3) is 0.0714. The summed E-state index contributed by atoms with van der Waals surface area (Å²) in [5.74, 6) is -1.26. The lowest BCUT2D eigenvalue weighted by molar-refractivity contribution is 0.193. The second-order valence-electron chi connectivity index (χ2n) is 4.24. The minimum atomic E-state index is -1.28. The number of hydrogen-bond donors (Lipinski definition) is 3. The van der Waals surface area contributed by atoms with Gasteiger partial charge in [0.25, 0.3) is 0 Å². The maximum absolute atomic E-state index is 13.8. The summed E-state index contributed by atoms with van der Waals surface area (Å²) in [5.41, 5.74) is 0.561. The van der Waals surface area contributed by atoms with Crippen LogP contribution in [0.1, 0.15) is 11.3 Å².